The summed E-state index contributed by atoms with van der Waals surface area (Å²) < 4.78 is 23.1. The molecule has 5 heavy (non-hydrogen) atoms. The van der Waals surface area contributed by atoms with E-state index >= 15 is 0 Å². The minimum absolute atomic E-state index is 0. The Kier molecular flexibility index (Phi) is 9.78. The molecule has 0 aromatic carbocycles. The van der Waals surface area contributed by atoms with Gasteiger partial charge in [0.15, 0.2) is 0 Å². The van der Waals surface area contributed by atoms with Gasteiger partial charge in [-0.25, -0.2) is 0 Å². The first-order valence-electron chi connectivity index (χ1n) is 0.532. The van der Waals surface area contributed by atoms with Crippen LogP contribution in [0.4, 0.5) is 0 Å². The zero-order valence-electron chi connectivity index (χ0n) is 2.42. The molecule has 5 heteroatoms. The molecule has 0 rings (SSSR count). The Bertz CT molecular complexity index is 29.9. The number of hydrogen-bond acceptors (Lipinski definition) is 1. The molecule has 0 bridgehead atoms. The van der Waals surface area contributed by atoms with Crippen LogP contribution in [0.1, 0.15) is 0 Å². The Hall–Kier alpha value is 1.16. The van der Waals surface area contributed by atoms with Crippen LogP contribution in [0, 0.1) is 0 Å². The predicted molar refractivity (Wildman–Crippen MR) is 19.4 cm³/mol. The normalized spacial score (nSPS) is 7.00. The van der Waals surface area contributed by atoms with Crippen molar-refractivity contribution in [2.24, 2.45) is 0 Å². The molecule has 2 N–H and O–H groups in total. The third-order valence-corrected chi connectivity index (χ3v) is 0. The fraction of sp³-hybridized carbons (Fsp3) is 0. The van der Waals surface area contributed by atoms with Crippen LogP contribution in [0.5, 0.6) is 0 Å². The molecule has 0 spiro atoms. The average Bonchev–Trinajstić information content (AvgIpc) is 0.811. The van der Waals surface area contributed by atoms with E-state index < -0.39 is 14.5 Å². The van der Waals surface area contributed by atoms with Crippen molar-refractivity contribution in [3.05, 3.63) is 0 Å². The van der Waals surface area contributed by atoms with E-state index in [0.717, 1.165) is 0 Å². The van der Waals surface area contributed by atoms with Crippen LogP contribution in [-0.2, 0) is 3.83 Å². The van der Waals surface area contributed by atoms with E-state index in [1.54, 1.807) is 0 Å². The fourth-order valence-corrected chi connectivity index (χ4v) is 0. The van der Waals surface area contributed by atoms with Crippen molar-refractivity contribution in [1.29, 1.82) is 0 Å². The zero-order valence-corrected chi connectivity index (χ0v) is 9.63. The van der Waals surface area contributed by atoms with Gasteiger partial charge < -0.3 is 0 Å². The molecule has 0 aliphatic heterocycles. The van der Waals surface area contributed by atoms with Crippen LogP contribution in [0.2, 0.25) is 0 Å². The van der Waals surface area contributed by atoms with Gasteiger partial charge in [0.2, 0.25) is 0 Å². The van der Waals surface area contributed by atoms with Crippen LogP contribution in [0.25, 0.3) is 0 Å². The van der Waals surface area contributed by atoms with E-state index in [-0.39, 0.29) is 27.3 Å². The average molecular weight is 338 g/mol. The van der Waals surface area contributed by atoms with Crippen molar-refractivity contribution in [3.63, 3.8) is 0 Å². The van der Waals surface area contributed by atoms with Gasteiger partial charge in [0.1, 0.15) is 0 Å². The van der Waals surface area contributed by atoms with Crippen molar-refractivity contribution >= 4 is 41.8 Å². The molecule has 0 saturated carbocycles. The Morgan fingerprint density at radius 1 is 1.40 bits per heavy atom. The van der Waals surface area contributed by atoms with Crippen LogP contribution >= 0.6 is 0 Å². The van der Waals surface area contributed by atoms with Gasteiger partial charge in [0, 0.05) is 0 Å². The van der Waals surface area contributed by atoms with Gasteiger partial charge in [-0.1, -0.05) is 0 Å². The van der Waals surface area contributed by atoms with E-state index in [0.29, 0.717) is 0 Å². The van der Waals surface area contributed by atoms with E-state index in [1.165, 1.54) is 0 Å². The van der Waals surface area contributed by atoms with Gasteiger partial charge in [-0.05, 0) is 0 Å². The molecule has 3 nitrogen and oxygen atoms in total. The summed E-state index contributed by atoms with van der Waals surface area (Å²) in [5.41, 5.74) is 0. The second-order valence-corrected chi connectivity index (χ2v) is 1.20. The van der Waals surface area contributed by atoms with Gasteiger partial charge >= 0.3 is 54.0 Å². The Labute approximate surface area is 53.9 Å². The Morgan fingerprint density at radius 2 is 1.40 bits per heavy atom. The third kappa shape index (κ3) is 38.2. The van der Waals surface area contributed by atoms with Gasteiger partial charge in [-0.15, -0.1) is 0 Å². The van der Waals surface area contributed by atoms with Crippen molar-refractivity contribution in [3.8, 4) is 0 Å². The maximum atomic E-state index is 8.76. The Balaban J connectivity index is 0. The number of rotatable bonds is 0. The molecular weight excluding hydrogens is 334 g/mol. The molecule has 0 aliphatic rings. The Morgan fingerprint density at radius 3 is 1.40 bits per heavy atom. The SMILES string of the molecule is O=[Se](O)O.[PbH2]. The summed E-state index contributed by atoms with van der Waals surface area (Å²) in [6, 6.07) is 0. The second kappa shape index (κ2) is 5.16. The molecule has 0 atom stereocenters. The second-order valence-electron chi connectivity index (χ2n) is 0.231. The topological polar surface area (TPSA) is 57.5 Å². The van der Waals surface area contributed by atoms with Gasteiger partial charge in [-0.2, -0.15) is 0 Å². The number of hydrogen-bond donors (Lipinski definition) is 2. The summed E-state index contributed by atoms with van der Waals surface area (Å²) in [7, 11) is 0. The van der Waals surface area contributed by atoms with Crippen LogP contribution in [0.3, 0.4) is 0 Å². The molecule has 0 amide bonds. The minimum atomic E-state index is -3.29. The molecule has 32 valence electrons. The summed E-state index contributed by atoms with van der Waals surface area (Å²) in [5.74, 6) is 0. The van der Waals surface area contributed by atoms with E-state index in [9.17, 15) is 0 Å². The molecule has 0 fully saturated rings. The standard InChI is InChI=1S/H2O3Se.Pb.2H/c1-4(2)3;;;/h(H2,1,2,3);;;. The molecule has 0 saturated heterocycles. The molecule has 0 heterocycles. The molecular formula is H4O3PbSe. The van der Waals surface area contributed by atoms with E-state index in [4.69, 9.17) is 12.2 Å². The van der Waals surface area contributed by atoms with Crippen LogP contribution in [-0.4, -0.2) is 50.2 Å². The predicted octanol–water partition coefficient (Wildman–Crippen LogP) is -2.53. The monoisotopic (exact) mass is 340 g/mol. The van der Waals surface area contributed by atoms with E-state index in [1.807, 2.05) is 0 Å². The zero-order chi connectivity index (χ0) is 3.58. The first kappa shape index (κ1) is 9.48. The summed E-state index contributed by atoms with van der Waals surface area (Å²) in [6.07, 6.45) is 0. The first-order chi connectivity index (χ1) is 1.73. The summed E-state index contributed by atoms with van der Waals surface area (Å²) >= 11 is -3.29. The van der Waals surface area contributed by atoms with Crippen molar-refractivity contribution < 1.29 is 12.2 Å². The van der Waals surface area contributed by atoms with Gasteiger partial charge in [0.05, 0.1) is 0 Å². The molecule has 0 aromatic rings. The summed E-state index contributed by atoms with van der Waals surface area (Å²) in [5, 5.41) is 0. The van der Waals surface area contributed by atoms with Crippen molar-refractivity contribution in [2.45, 2.75) is 0 Å². The van der Waals surface area contributed by atoms with Crippen LogP contribution in [0.15, 0.2) is 0 Å². The molecule has 0 aliphatic carbocycles. The van der Waals surface area contributed by atoms with Crippen molar-refractivity contribution in [1.82, 2.24) is 0 Å². The summed E-state index contributed by atoms with van der Waals surface area (Å²) in [6.45, 7) is 0. The van der Waals surface area contributed by atoms with E-state index in [2.05, 4.69) is 0 Å². The quantitative estimate of drug-likeness (QED) is 0.479. The summed E-state index contributed by atoms with van der Waals surface area (Å²) in [4.78, 5) is 0. The third-order valence-electron chi connectivity index (χ3n) is 0. The van der Waals surface area contributed by atoms with Crippen LogP contribution < -0.4 is 0 Å². The van der Waals surface area contributed by atoms with Gasteiger partial charge in [0.25, 0.3) is 0 Å². The maximum absolute atomic E-state index is 8.76. The molecule has 2 radical (unpaired) electrons. The molecule has 0 unspecified atom stereocenters. The van der Waals surface area contributed by atoms with Gasteiger partial charge in [-0.3, -0.25) is 0 Å². The molecule has 0 aromatic heterocycles. The van der Waals surface area contributed by atoms with Crippen molar-refractivity contribution in [2.75, 3.05) is 0 Å². The first-order valence-corrected chi connectivity index (χ1v) is 2.76. The fourth-order valence-electron chi connectivity index (χ4n) is 0.